The molecule has 0 radical (unpaired) electrons. The third-order valence-corrected chi connectivity index (χ3v) is 1.45. The number of ether oxygens (including phenoxy) is 2. The Morgan fingerprint density at radius 3 is 3.14 bits per heavy atom. The van der Waals surface area contributed by atoms with Crippen LogP contribution in [0.1, 0.15) is 0 Å². The second-order valence-electron chi connectivity index (χ2n) is 2.65. The summed E-state index contributed by atoms with van der Waals surface area (Å²) < 4.78 is 9.81. The molecule has 1 fully saturated rings. The molecule has 1 unspecified atom stereocenters. The standard InChI is InChI=1S/C8H14N2O4/c11-3-2-9-7(12)1-4-13-6-10-8-5-14-8/h1,4,8,10-11H,2-3,5-6H2,(H,9,12). The van der Waals surface area contributed by atoms with Crippen LogP contribution in [0.3, 0.4) is 0 Å². The van der Waals surface area contributed by atoms with Crippen molar-refractivity contribution in [2.45, 2.75) is 6.23 Å². The maximum absolute atomic E-state index is 10.9. The first kappa shape index (κ1) is 11.0. The van der Waals surface area contributed by atoms with Gasteiger partial charge < -0.3 is 19.9 Å². The van der Waals surface area contributed by atoms with Crippen LogP contribution in [-0.2, 0) is 14.3 Å². The Bertz CT molecular complexity index is 204. The largest absolute Gasteiger partial charge is 0.486 e. The summed E-state index contributed by atoms with van der Waals surface area (Å²) in [6, 6.07) is 0. The van der Waals surface area contributed by atoms with Crippen molar-refractivity contribution in [3.05, 3.63) is 12.3 Å². The minimum Gasteiger partial charge on any atom is -0.486 e. The molecule has 14 heavy (non-hydrogen) atoms. The highest BCUT2D eigenvalue weighted by atomic mass is 16.6. The van der Waals surface area contributed by atoms with Crippen molar-refractivity contribution in [3.8, 4) is 0 Å². The van der Waals surface area contributed by atoms with Crippen LogP contribution in [-0.4, -0.2) is 43.7 Å². The first-order valence-electron chi connectivity index (χ1n) is 4.35. The van der Waals surface area contributed by atoms with Gasteiger partial charge in [0.25, 0.3) is 0 Å². The Labute approximate surface area is 81.9 Å². The van der Waals surface area contributed by atoms with Gasteiger partial charge >= 0.3 is 0 Å². The van der Waals surface area contributed by atoms with Crippen molar-refractivity contribution in [2.75, 3.05) is 26.5 Å². The smallest absolute Gasteiger partial charge is 0.247 e. The monoisotopic (exact) mass is 202 g/mol. The molecule has 0 aromatic rings. The van der Waals surface area contributed by atoms with E-state index in [9.17, 15) is 4.79 Å². The fourth-order valence-electron chi connectivity index (χ4n) is 0.703. The summed E-state index contributed by atoms with van der Waals surface area (Å²) in [6.45, 7) is 1.21. The summed E-state index contributed by atoms with van der Waals surface area (Å²) in [5.41, 5.74) is 0. The minimum absolute atomic E-state index is 0.0684. The lowest BCUT2D eigenvalue weighted by molar-refractivity contribution is -0.116. The second-order valence-corrected chi connectivity index (χ2v) is 2.65. The Balaban J connectivity index is 1.92. The molecule has 1 aliphatic heterocycles. The molecular weight excluding hydrogens is 188 g/mol. The lowest BCUT2D eigenvalue weighted by Crippen LogP contribution is -2.24. The summed E-state index contributed by atoms with van der Waals surface area (Å²) in [5.74, 6) is -0.290. The van der Waals surface area contributed by atoms with Crippen LogP contribution < -0.4 is 10.6 Å². The van der Waals surface area contributed by atoms with Crippen LogP contribution in [0.4, 0.5) is 0 Å². The number of carbonyl (C=O) groups is 1. The van der Waals surface area contributed by atoms with Crippen LogP contribution in [0.2, 0.25) is 0 Å². The van der Waals surface area contributed by atoms with Crippen molar-refractivity contribution in [1.82, 2.24) is 10.6 Å². The number of rotatable bonds is 7. The normalized spacial score (nSPS) is 19.6. The Morgan fingerprint density at radius 1 is 1.71 bits per heavy atom. The third-order valence-electron chi connectivity index (χ3n) is 1.45. The number of hydrogen-bond acceptors (Lipinski definition) is 5. The molecule has 0 aromatic heterocycles. The van der Waals surface area contributed by atoms with E-state index < -0.39 is 0 Å². The number of amides is 1. The van der Waals surface area contributed by atoms with Crippen molar-refractivity contribution >= 4 is 5.91 Å². The van der Waals surface area contributed by atoms with Gasteiger partial charge in [-0.1, -0.05) is 0 Å². The fourth-order valence-corrected chi connectivity index (χ4v) is 0.703. The van der Waals surface area contributed by atoms with E-state index in [0.29, 0.717) is 13.3 Å². The lowest BCUT2D eigenvalue weighted by atomic mass is 10.5. The van der Waals surface area contributed by atoms with Crippen molar-refractivity contribution in [2.24, 2.45) is 0 Å². The second kappa shape index (κ2) is 6.36. The van der Waals surface area contributed by atoms with Gasteiger partial charge in [-0.15, -0.1) is 0 Å². The predicted molar refractivity (Wildman–Crippen MR) is 48.1 cm³/mol. The molecule has 0 aliphatic carbocycles. The van der Waals surface area contributed by atoms with Crippen LogP contribution >= 0.6 is 0 Å². The molecule has 1 heterocycles. The predicted octanol–water partition coefficient (Wildman–Crippen LogP) is -1.47. The van der Waals surface area contributed by atoms with E-state index in [1.807, 2.05) is 0 Å². The van der Waals surface area contributed by atoms with Crippen molar-refractivity contribution < 1.29 is 19.4 Å². The maximum atomic E-state index is 10.9. The lowest BCUT2D eigenvalue weighted by Gasteiger charge is -2.00. The number of hydrogen-bond donors (Lipinski definition) is 3. The number of aliphatic hydroxyl groups is 1. The van der Waals surface area contributed by atoms with E-state index in [1.54, 1.807) is 0 Å². The Kier molecular flexibility index (Phi) is 4.98. The molecule has 6 heteroatoms. The summed E-state index contributed by atoms with van der Waals surface area (Å²) >= 11 is 0. The molecule has 0 spiro atoms. The highest BCUT2D eigenvalue weighted by molar-refractivity contribution is 5.87. The van der Waals surface area contributed by atoms with Crippen LogP contribution in [0.25, 0.3) is 0 Å². The van der Waals surface area contributed by atoms with E-state index in [-0.39, 0.29) is 25.3 Å². The van der Waals surface area contributed by atoms with Crippen molar-refractivity contribution in [1.29, 1.82) is 0 Å². The molecule has 1 saturated heterocycles. The topological polar surface area (TPSA) is 83.1 Å². The molecule has 3 N–H and O–H groups in total. The minimum atomic E-state index is -0.290. The van der Waals surface area contributed by atoms with Gasteiger partial charge in [-0.2, -0.15) is 0 Å². The molecule has 0 bridgehead atoms. The highest BCUT2D eigenvalue weighted by Gasteiger charge is 2.20. The van der Waals surface area contributed by atoms with Gasteiger partial charge in [-0.05, 0) is 0 Å². The summed E-state index contributed by atoms with van der Waals surface area (Å²) in [6.07, 6.45) is 2.65. The first-order valence-corrected chi connectivity index (χ1v) is 4.35. The number of aliphatic hydroxyl groups excluding tert-OH is 1. The Morgan fingerprint density at radius 2 is 2.50 bits per heavy atom. The van der Waals surface area contributed by atoms with Crippen molar-refractivity contribution in [3.63, 3.8) is 0 Å². The van der Waals surface area contributed by atoms with Gasteiger partial charge in [0.1, 0.15) is 13.0 Å². The molecule has 6 nitrogen and oxygen atoms in total. The van der Waals surface area contributed by atoms with E-state index >= 15 is 0 Å². The van der Waals surface area contributed by atoms with Crippen LogP contribution in [0.5, 0.6) is 0 Å². The number of nitrogens with one attached hydrogen (secondary N) is 2. The molecule has 0 aromatic carbocycles. The third kappa shape index (κ3) is 5.52. The van der Waals surface area contributed by atoms with Crippen LogP contribution in [0, 0.1) is 0 Å². The maximum Gasteiger partial charge on any atom is 0.247 e. The summed E-state index contributed by atoms with van der Waals surface area (Å²) in [7, 11) is 0. The molecule has 1 rings (SSSR count). The van der Waals surface area contributed by atoms with Gasteiger partial charge in [0.15, 0.2) is 0 Å². The van der Waals surface area contributed by atoms with E-state index in [2.05, 4.69) is 10.6 Å². The van der Waals surface area contributed by atoms with Gasteiger partial charge in [-0.3, -0.25) is 10.1 Å². The van der Waals surface area contributed by atoms with E-state index in [4.69, 9.17) is 14.6 Å². The van der Waals surface area contributed by atoms with Gasteiger partial charge in [-0.25, -0.2) is 0 Å². The number of carbonyl (C=O) groups excluding carboxylic acids is 1. The van der Waals surface area contributed by atoms with E-state index in [0.717, 1.165) is 0 Å². The van der Waals surface area contributed by atoms with E-state index in [1.165, 1.54) is 12.3 Å². The van der Waals surface area contributed by atoms with Gasteiger partial charge in [0, 0.05) is 12.6 Å². The highest BCUT2D eigenvalue weighted by Crippen LogP contribution is 2.02. The van der Waals surface area contributed by atoms with Gasteiger partial charge in [0.2, 0.25) is 5.91 Å². The zero-order valence-electron chi connectivity index (χ0n) is 7.73. The quantitative estimate of drug-likeness (QED) is 0.154. The zero-order valence-corrected chi connectivity index (χ0v) is 7.73. The molecule has 1 atom stereocenters. The SMILES string of the molecule is O=C(C=COCNC1CO1)NCCO. The number of epoxide rings is 1. The average Bonchev–Trinajstić information content (AvgIpc) is 2.98. The summed E-state index contributed by atoms with van der Waals surface area (Å²) in [4.78, 5) is 10.9. The molecule has 1 aliphatic rings. The molecule has 0 saturated carbocycles. The first-order chi connectivity index (χ1) is 6.83. The fraction of sp³-hybridized carbons (Fsp3) is 0.625. The Hall–Kier alpha value is -1.11. The summed E-state index contributed by atoms with van der Waals surface area (Å²) in [5, 5.41) is 13.7. The molecule has 80 valence electrons. The average molecular weight is 202 g/mol. The van der Waals surface area contributed by atoms with Gasteiger partial charge in [0.05, 0.1) is 19.5 Å². The molecule has 1 amide bonds. The zero-order chi connectivity index (χ0) is 10.2. The molecular formula is C8H14N2O4. The van der Waals surface area contributed by atoms with Crippen LogP contribution in [0.15, 0.2) is 12.3 Å².